The molecule has 110 valence electrons. The number of allylic oxidation sites excluding steroid dienone is 1. The van der Waals surface area contributed by atoms with E-state index in [0.717, 1.165) is 32.3 Å². The lowest BCUT2D eigenvalue weighted by Crippen LogP contribution is -2.40. The highest BCUT2D eigenvalue weighted by Crippen LogP contribution is 2.25. The van der Waals surface area contributed by atoms with Crippen LogP contribution >= 0.6 is 0 Å². The van der Waals surface area contributed by atoms with Crippen LogP contribution in [0.4, 0.5) is 0 Å². The van der Waals surface area contributed by atoms with Crippen molar-refractivity contribution >= 4 is 0 Å². The largest absolute Gasteiger partial charge is 0.378 e. The summed E-state index contributed by atoms with van der Waals surface area (Å²) in [7, 11) is 0. The van der Waals surface area contributed by atoms with Crippen molar-refractivity contribution in [2.24, 2.45) is 0 Å². The molecule has 3 nitrogen and oxygen atoms in total. The second kappa shape index (κ2) is 7.91. The monoisotopic (exact) mass is 266 g/mol. The van der Waals surface area contributed by atoms with E-state index in [1.165, 1.54) is 45.2 Å². The zero-order chi connectivity index (χ0) is 13.5. The number of ether oxygens (including phenoxy) is 1. The smallest absolute Gasteiger partial charge is 0.0642 e. The Morgan fingerprint density at radius 3 is 2.42 bits per heavy atom. The fourth-order valence-corrected chi connectivity index (χ4v) is 3.33. The Morgan fingerprint density at radius 2 is 1.89 bits per heavy atom. The maximum Gasteiger partial charge on any atom is 0.0642 e. The minimum absolute atomic E-state index is 0.782. The van der Waals surface area contributed by atoms with Crippen molar-refractivity contribution in [3.63, 3.8) is 0 Å². The van der Waals surface area contributed by atoms with Crippen LogP contribution in [0.5, 0.6) is 0 Å². The minimum atomic E-state index is 0.782. The van der Waals surface area contributed by atoms with Gasteiger partial charge in [-0.2, -0.15) is 0 Å². The van der Waals surface area contributed by atoms with Gasteiger partial charge in [0.2, 0.25) is 0 Å². The molecule has 1 atom stereocenters. The van der Waals surface area contributed by atoms with Gasteiger partial charge in [-0.05, 0) is 45.2 Å². The van der Waals surface area contributed by atoms with Crippen LogP contribution in [0.25, 0.3) is 0 Å². The minimum Gasteiger partial charge on any atom is -0.378 e. The molecule has 0 saturated carbocycles. The number of rotatable bonds is 6. The van der Waals surface area contributed by atoms with E-state index in [2.05, 4.69) is 29.7 Å². The summed E-state index contributed by atoms with van der Waals surface area (Å²) >= 11 is 0. The maximum absolute atomic E-state index is 5.44. The fourth-order valence-electron chi connectivity index (χ4n) is 3.33. The molecule has 19 heavy (non-hydrogen) atoms. The first-order valence-electron chi connectivity index (χ1n) is 8.11. The molecular weight excluding hydrogens is 236 g/mol. The van der Waals surface area contributed by atoms with Crippen LogP contribution in [0.3, 0.4) is 0 Å². The Balaban J connectivity index is 1.86. The van der Waals surface area contributed by atoms with Crippen molar-refractivity contribution in [2.75, 3.05) is 39.4 Å². The van der Waals surface area contributed by atoms with Gasteiger partial charge in [0, 0.05) is 24.8 Å². The van der Waals surface area contributed by atoms with E-state index in [1.807, 2.05) is 0 Å². The van der Waals surface area contributed by atoms with Crippen LogP contribution in [-0.2, 0) is 4.74 Å². The van der Waals surface area contributed by atoms with Gasteiger partial charge in [-0.25, -0.2) is 0 Å². The van der Waals surface area contributed by atoms with Crippen LogP contribution in [0.15, 0.2) is 11.8 Å². The summed E-state index contributed by atoms with van der Waals surface area (Å²) in [6, 6.07) is 0.782. The predicted molar refractivity (Wildman–Crippen MR) is 80.3 cm³/mol. The third-order valence-corrected chi connectivity index (χ3v) is 4.31. The van der Waals surface area contributed by atoms with E-state index in [-0.39, 0.29) is 0 Å². The highest BCUT2D eigenvalue weighted by molar-refractivity contribution is 5.08. The van der Waals surface area contributed by atoms with Crippen molar-refractivity contribution in [3.05, 3.63) is 11.8 Å². The summed E-state index contributed by atoms with van der Waals surface area (Å²) in [4.78, 5) is 5.23. The van der Waals surface area contributed by atoms with Gasteiger partial charge in [0.15, 0.2) is 0 Å². The lowest BCUT2D eigenvalue weighted by atomic mass is 9.96. The van der Waals surface area contributed by atoms with Crippen LogP contribution < -0.4 is 0 Å². The second-order valence-electron chi connectivity index (χ2n) is 5.76. The molecule has 0 amide bonds. The Hall–Kier alpha value is -0.540. The highest BCUT2D eigenvalue weighted by Gasteiger charge is 2.23. The van der Waals surface area contributed by atoms with E-state index in [1.54, 1.807) is 5.70 Å². The normalized spacial score (nSPS) is 24.7. The van der Waals surface area contributed by atoms with E-state index in [4.69, 9.17) is 4.74 Å². The molecule has 0 bridgehead atoms. The summed E-state index contributed by atoms with van der Waals surface area (Å²) in [6.45, 7) is 11.1. The molecule has 2 rings (SSSR count). The lowest BCUT2D eigenvalue weighted by molar-refractivity contribution is 0.0496. The fraction of sp³-hybridized carbons (Fsp3) is 0.875. The Bertz CT molecular complexity index is 278. The predicted octanol–water partition coefficient (Wildman–Crippen LogP) is 2.88. The lowest BCUT2D eigenvalue weighted by Gasteiger charge is -2.37. The van der Waals surface area contributed by atoms with Gasteiger partial charge in [-0.1, -0.05) is 19.9 Å². The molecule has 0 aromatic heterocycles. The van der Waals surface area contributed by atoms with E-state index in [0.29, 0.717) is 0 Å². The van der Waals surface area contributed by atoms with Crippen molar-refractivity contribution in [2.45, 2.75) is 52.0 Å². The van der Waals surface area contributed by atoms with Gasteiger partial charge in [0.25, 0.3) is 0 Å². The molecule has 0 aromatic rings. The van der Waals surface area contributed by atoms with E-state index >= 15 is 0 Å². The summed E-state index contributed by atoms with van der Waals surface area (Å²) in [5.74, 6) is 0. The molecule has 0 spiro atoms. The van der Waals surface area contributed by atoms with Crippen LogP contribution in [-0.4, -0.2) is 55.2 Å². The van der Waals surface area contributed by atoms with Gasteiger partial charge in [-0.3, -0.25) is 0 Å². The Labute approximate surface area is 118 Å². The first-order valence-corrected chi connectivity index (χ1v) is 8.11. The first kappa shape index (κ1) is 14.9. The van der Waals surface area contributed by atoms with E-state index < -0.39 is 0 Å². The molecule has 0 N–H and O–H groups in total. The van der Waals surface area contributed by atoms with Gasteiger partial charge in [-0.15, -0.1) is 0 Å². The molecule has 3 heteroatoms. The molecule has 1 heterocycles. The summed E-state index contributed by atoms with van der Waals surface area (Å²) in [6.07, 6.45) is 8.88. The molecule has 1 saturated heterocycles. The molecule has 1 fully saturated rings. The molecule has 1 aliphatic carbocycles. The van der Waals surface area contributed by atoms with Crippen molar-refractivity contribution in [1.29, 1.82) is 0 Å². The molecule has 2 aliphatic rings. The Kier molecular flexibility index (Phi) is 6.18. The van der Waals surface area contributed by atoms with Gasteiger partial charge < -0.3 is 14.5 Å². The topological polar surface area (TPSA) is 15.7 Å². The van der Waals surface area contributed by atoms with Crippen LogP contribution in [0, 0.1) is 0 Å². The first-order chi connectivity index (χ1) is 9.35. The number of nitrogens with zero attached hydrogens (tertiary/aromatic N) is 2. The third-order valence-electron chi connectivity index (χ3n) is 4.31. The molecule has 0 aromatic carbocycles. The Morgan fingerprint density at radius 1 is 1.21 bits per heavy atom. The standard InChI is InChI=1S/C16H30N2O/c1-3-9-17(10-4-2)15-5-7-16(8-6-15)18-11-13-19-14-12-18/h7,15H,3-6,8-14H2,1-2H3. The van der Waals surface area contributed by atoms with Gasteiger partial charge >= 0.3 is 0 Å². The average molecular weight is 266 g/mol. The van der Waals surface area contributed by atoms with Crippen molar-refractivity contribution in [1.82, 2.24) is 9.80 Å². The molecular formula is C16H30N2O. The summed E-state index contributed by atoms with van der Waals surface area (Å²) in [5, 5.41) is 0. The summed E-state index contributed by atoms with van der Waals surface area (Å²) in [5.41, 5.74) is 1.58. The number of morpholine rings is 1. The van der Waals surface area contributed by atoms with Crippen molar-refractivity contribution < 1.29 is 4.74 Å². The zero-order valence-corrected chi connectivity index (χ0v) is 12.7. The average Bonchev–Trinajstić information content (AvgIpc) is 2.48. The van der Waals surface area contributed by atoms with Crippen LogP contribution in [0.1, 0.15) is 46.0 Å². The van der Waals surface area contributed by atoms with E-state index in [9.17, 15) is 0 Å². The second-order valence-corrected chi connectivity index (χ2v) is 5.76. The highest BCUT2D eigenvalue weighted by atomic mass is 16.5. The van der Waals surface area contributed by atoms with Gasteiger partial charge in [0.05, 0.1) is 13.2 Å². The third kappa shape index (κ3) is 4.22. The van der Waals surface area contributed by atoms with Crippen molar-refractivity contribution in [3.8, 4) is 0 Å². The SMILES string of the molecule is CCCN(CCC)C1CC=C(N2CCOCC2)CC1. The molecule has 1 unspecified atom stereocenters. The number of hydrogen-bond donors (Lipinski definition) is 0. The van der Waals surface area contributed by atoms with Crippen LogP contribution in [0.2, 0.25) is 0 Å². The molecule has 1 aliphatic heterocycles. The number of hydrogen-bond acceptors (Lipinski definition) is 3. The molecule has 0 radical (unpaired) electrons. The maximum atomic E-state index is 5.44. The zero-order valence-electron chi connectivity index (χ0n) is 12.7. The van der Waals surface area contributed by atoms with Gasteiger partial charge in [0.1, 0.15) is 0 Å². The quantitative estimate of drug-likeness (QED) is 0.735. The summed E-state index contributed by atoms with van der Waals surface area (Å²) < 4.78 is 5.44.